The van der Waals surface area contributed by atoms with Gasteiger partial charge < -0.3 is 20.4 Å². The normalized spacial score (nSPS) is 42.4. The Labute approximate surface area is 224 Å². The molecule has 0 unspecified atom stereocenters. The van der Waals surface area contributed by atoms with Crippen LogP contribution in [0.15, 0.2) is 22.8 Å². The zero-order valence-corrected chi connectivity index (χ0v) is 23.5. The fourth-order valence-corrected chi connectivity index (χ4v) is 8.82. The average molecular weight is 531 g/mol. The molecule has 0 spiro atoms. The Morgan fingerprint density at radius 3 is 2.24 bits per heavy atom. The molecule has 38 heavy (non-hydrogen) atoms. The van der Waals surface area contributed by atoms with Crippen LogP contribution < -0.4 is 0 Å². The van der Waals surface area contributed by atoms with Gasteiger partial charge in [0.1, 0.15) is 11.9 Å². The van der Waals surface area contributed by atoms with E-state index in [-0.39, 0.29) is 59.4 Å². The molecule has 0 aliphatic heterocycles. The van der Waals surface area contributed by atoms with Crippen molar-refractivity contribution in [2.24, 2.45) is 39.4 Å². The van der Waals surface area contributed by atoms with E-state index in [0.29, 0.717) is 12.8 Å². The maximum absolute atomic E-state index is 14.1. The standard InChI is InChI=1S/C30H42O8/c1-14(10-16(31)11-15(2)26(37)38)17-12-21(34)30(7)22-18(32)13-19-27(3,4)20(33)8-9-28(19,5)23(22)24(35)25(36)29(17,30)6/h11,14,16-17,19-20,25,31,33,36H,8-10,12-13H2,1-7H3,(H,37,38)/b15-11+/t14-,16-,17-,19+,20+,25-,28+,29+,30+/m1/s1. The van der Waals surface area contributed by atoms with Gasteiger partial charge in [-0.05, 0) is 62.4 Å². The van der Waals surface area contributed by atoms with Gasteiger partial charge in [-0.2, -0.15) is 0 Å². The number of Topliss-reactive ketones (excluding diaryl/α,β-unsaturated/α-hetero) is 3. The molecule has 0 radical (unpaired) electrons. The number of fused-ring (bicyclic) bond motifs is 4. The second kappa shape index (κ2) is 8.93. The number of rotatable bonds is 5. The molecular weight excluding hydrogens is 488 g/mol. The van der Waals surface area contributed by atoms with E-state index in [1.54, 1.807) is 13.8 Å². The highest BCUT2D eigenvalue weighted by atomic mass is 16.4. The molecule has 0 amide bonds. The Morgan fingerprint density at radius 1 is 1.05 bits per heavy atom. The Balaban J connectivity index is 1.82. The highest BCUT2D eigenvalue weighted by molar-refractivity contribution is 6.17. The Bertz CT molecular complexity index is 1160. The first-order valence-electron chi connectivity index (χ1n) is 13.7. The summed E-state index contributed by atoms with van der Waals surface area (Å²) in [7, 11) is 0. The summed E-state index contributed by atoms with van der Waals surface area (Å²) in [4.78, 5) is 53.1. The van der Waals surface area contributed by atoms with Gasteiger partial charge in [0.05, 0.1) is 17.6 Å². The maximum Gasteiger partial charge on any atom is 0.331 e. The number of allylic oxidation sites excluding steroid dienone is 1. The second-order valence-electron chi connectivity index (χ2n) is 13.6. The van der Waals surface area contributed by atoms with Crippen LogP contribution in [-0.4, -0.2) is 62.1 Å². The molecule has 0 saturated heterocycles. The van der Waals surface area contributed by atoms with E-state index in [1.165, 1.54) is 13.0 Å². The molecule has 210 valence electrons. The van der Waals surface area contributed by atoms with Crippen LogP contribution in [-0.2, 0) is 19.2 Å². The lowest BCUT2D eigenvalue weighted by Crippen LogP contribution is -2.64. The topological polar surface area (TPSA) is 149 Å². The number of aliphatic hydroxyl groups is 3. The van der Waals surface area contributed by atoms with Crippen molar-refractivity contribution in [1.29, 1.82) is 0 Å². The Kier molecular flexibility index (Phi) is 6.78. The number of carboxylic acid groups (broad SMARTS) is 1. The van der Waals surface area contributed by atoms with Crippen molar-refractivity contribution in [3.8, 4) is 0 Å². The van der Waals surface area contributed by atoms with E-state index >= 15 is 0 Å². The summed E-state index contributed by atoms with van der Waals surface area (Å²) < 4.78 is 0. The summed E-state index contributed by atoms with van der Waals surface area (Å²) in [5.74, 6) is -3.28. The minimum atomic E-state index is -1.52. The maximum atomic E-state index is 14.1. The Hall–Kier alpha value is -2.16. The first kappa shape index (κ1) is 28.8. The molecule has 4 aliphatic carbocycles. The SMILES string of the molecule is C/C(=C\[C@H](O)C[C@@H](C)[C@H]1CC(=O)[C@@]2(C)C3=C(C(=O)[C@@H](O)[C@]12C)[C@@]1(C)CC[C@H](O)C(C)(C)[C@@H]1CC3=O)C(=O)O. The summed E-state index contributed by atoms with van der Waals surface area (Å²) in [5, 5.41) is 42.2. The van der Waals surface area contributed by atoms with Gasteiger partial charge in [-0.15, -0.1) is 0 Å². The van der Waals surface area contributed by atoms with Crippen molar-refractivity contribution in [2.75, 3.05) is 0 Å². The minimum absolute atomic E-state index is 0.00190. The van der Waals surface area contributed by atoms with Crippen LogP contribution in [0.3, 0.4) is 0 Å². The second-order valence-corrected chi connectivity index (χ2v) is 13.6. The summed E-state index contributed by atoms with van der Waals surface area (Å²) in [5.41, 5.74) is -3.51. The van der Waals surface area contributed by atoms with Crippen molar-refractivity contribution < 1.29 is 39.6 Å². The fourth-order valence-electron chi connectivity index (χ4n) is 8.82. The summed E-state index contributed by atoms with van der Waals surface area (Å²) in [6.45, 7) is 12.4. The van der Waals surface area contributed by atoms with Gasteiger partial charge in [0, 0.05) is 40.4 Å². The first-order chi connectivity index (χ1) is 17.4. The molecule has 0 bridgehead atoms. The molecule has 0 heterocycles. The predicted octanol–water partition coefficient (Wildman–Crippen LogP) is 3.02. The van der Waals surface area contributed by atoms with E-state index in [2.05, 4.69) is 0 Å². The van der Waals surface area contributed by atoms with Gasteiger partial charge in [-0.25, -0.2) is 4.79 Å². The number of carboxylic acids is 1. The third kappa shape index (κ3) is 3.59. The van der Waals surface area contributed by atoms with Crippen LogP contribution in [0.2, 0.25) is 0 Å². The van der Waals surface area contributed by atoms with Crippen molar-refractivity contribution in [3.63, 3.8) is 0 Å². The lowest BCUT2D eigenvalue weighted by molar-refractivity contribution is -0.159. The quantitative estimate of drug-likeness (QED) is 0.396. The summed E-state index contributed by atoms with van der Waals surface area (Å²) in [6, 6.07) is 0. The lowest BCUT2D eigenvalue weighted by Gasteiger charge is -2.60. The third-order valence-electron chi connectivity index (χ3n) is 11.4. The summed E-state index contributed by atoms with van der Waals surface area (Å²) >= 11 is 0. The molecule has 2 saturated carbocycles. The van der Waals surface area contributed by atoms with E-state index in [1.807, 2.05) is 27.7 Å². The van der Waals surface area contributed by atoms with Crippen LogP contribution in [0, 0.1) is 39.4 Å². The van der Waals surface area contributed by atoms with Gasteiger partial charge in [0.25, 0.3) is 0 Å². The van der Waals surface area contributed by atoms with Gasteiger partial charge in [-0.3, -0.25) is 14.4 Å². The Morgan fingerprint density at radius 2 is 1.66 bits per heavy atom. The smallest absolute Gasteiger partial charge is 0.331 e. The number of hydrogen-bond donors (Lipinski definition) is 4. The van der Waals surface area contributed by atoms with Crippen molar-refractivity contribution >= 4 is 23.3 Å². The monoisotopic (exact) mass is 530 g/mol. The first-order valence-corrected chi connectivity index (χ1v) is 13.7. The van der Waals surface area contributed by atoms with E-state index in [4.69, 9.17) is 5.11 Å². The average Bonchev–Trinajstić information content (AvgIpc) is 3.03. The van der Waals surface area contributed by atoms with E-state index in [0.717, 1.165) is 0 Å². The molecular formula is C30H42O8. The minimum Gasteiger partial charge on any atom is -0.478 e. The lowest BCUT2D eigenvalue weighted by atomic mass is 9.42. The van der Waals surface area contributed by atoms with Crippen LogP contribution in [0.5, 0.6) is 0 Å². The number of aliphatic carboxylic acids is 1. The molecule has 4 rings (SSSR count). The van der Waals surface area contributed by atoms with Crippen LogP contribution >= 0.6 is 0 Å². The molecule has 4 aliphatic rings. The molecule has 9 atom stereocenters. The van der Waals surface area contributed by atoms with Crippen molar-refractivity contribution in [1.82, 2.24) is 0 Å². The number of ketones is 3. The number of hydrogen-bond acceptors (Lipinski definition) is 7. The third-order valence-corrected chi connectivity index (χ3v) is 11.4. The largest absolute Gasteiger partial charge is 0.478 e. The molecule has 0 aromatic carbocycles. The van der Waals surface area contributed by atoms with Crippen molar-refractivity contribution in [3.05, 3.63) is 22.8 Å². The highest BCUT2D eigenvalue weighted by Gasteiger charge is 2.73. The number of aliphatic hydroxyl groups excluding tert-OH is 3. The molecule has 4 N–H and O–H groups in total. The fraction of sp³-hybridized carbons (Fsp3) is 0.733. The number of carbonyl (C=O) groups excluding carboxylic acids is 3. The molecule has 0 aromatic rings. The molecule has 8 nitrogen and oxygen atoms in total. The number of carbonyl (C=O) groups is 4. The van der Waals surface area contributed by atoms with Crippen LogP contribution in [0.25, 0.3) is 0 Å². The van der Waals surface area contributed by atoms with Gasteiger partial charge in [0.2, 0.25) is 0 Å². The van der Waals surface area contributed by atoms with Crippen LogP contribution in [0.1, 0.15) is 80.6 Å². The highest BCUT2D eigenvalue weighted by Crippen LogP contribution is 2.70. The zero-order valence-electron chi connectivity index (χ0n) is 23.5. The molecule has 2 fully saturated rings. The van der Waals surface area contributed by atoms with Crippen LogP contribution in [0.4, 0.5) is 0 Å². The van der Waals surface area contributed by atoms with E-state index in [9.17, 15) is 34.5 Å². The van der Waals surface area contributed by atoms with Gasteiger partial charge in [0.15, 0.2) is 11.6 Å². The molecule has 0 aromatic heterocycles. The van der Waals surface area contributed by atoms with Crippen molar-refractivity contribution in [2.45, 2.75) is 98.9 Å². The zero-order chi connectivity index (χ0) is 28.7. The predicted molar refractivity (Wildman–Crippen MR) is 139 cm³/mol. The molecule has 8 heteroatoms. The summed E-state index contributed by atoms with van der Waals surface area (Å²) in [6.07, 6.45) is -0.718. The van der Waals surface area contributed by atoms with E-state index < -0.39 is 57.6 Å². The van der Waals surface area contributed by atoms with Gasteiger partial charge in [-0.1, -0.05) is 34.6 Å². The van der Waals surface area contributed by atoms with Gasteiger partial charge >= 0.3 is 5.97 Å².